The standard InChI is InChI=1S/C10H24N4.C7H19N3.2C4H13N3/c11-3-1-5-13-7-9-14(10-8-13)6-2-4-12;1-10(6-2-4-8)7-3-5-9;2*5-1-3-7-4-2-6/h1-12H2;2-9H2,1H3;2*7H,1-6H2. The second-order valence-electron chi connectivity index (χ2n) is 9.21. The van der Waals surface area contributed by atoms with E-state index in [1.54, 1.807) is 0 Å². The van der Waals surface area contributed by atoms with Crippen LogP contribution in [0.25, 0.3) is 0 Å². The lowest BCUT2D eigenvalue weighted by Crippen LogP contribution is -2.47. The van der Waals surface area contributed by atoms with Crippen molar-refractivity contribution in [1.82, 2.24) is 25.3 Å². The Kier molecular flexibility index (Phi) is 42.6. The molecule has 1 rings (SSSR count). The van der Waals surface area contributed by atoms with Gasteiger partial charge in [0.15, 0.2) is 0 Å². The lowest BCUT2D eigenvalue weighted by Gasteiger charge is -2.34. The Balaban J connectivity index is -0.000000452. The summed E-state index contributed by atoms with van der Waals surface area (Å²) >= 11 is 0. The summed E-state index contributed by atoms with van der Waals surface area (Å²) < 4.78 is 0. The van der Waals surface area contributed by atoms with E-state index in [-0.39, 0.29) is 0 Å². The first-order chi connectivity index (χ1) is 18.5. The highest BCUT2D eigenvalue weighted by atomic mass is 15.3. The molecule has 0 atom stereocenters. The second kappa shape index (κ2) is 38.6. The van der Waals surface area contributed by atoms with Crippen LogP contribution in [-0.2, 0) is 0 Å². The maximum absolute atomic E-state index is 5.49. The summed E-state index contributed by atoms with van der Waals surface area (Å²) in [7, 11) is 2.10. The summed E-state index contributed by atoms with van der Waals surface area (Å²) in [4.78, 5) is 7.28. The molecule has 0 aromatic heterocycles. The molecular formula is C25H69N13. The number of nitrogens with one attached hydrogen (secondary N) is 2. The molecule has 0 aromatic rings. The van der Waals surface area contributed by atoms with Crippen LogP contribution in [-0.4, -0.2) is 153 Å². The molecule has 0 spiro atoms. The highest BCUT2D eigenvalue weighted by molar-refractivity contribution is 4.71. The lowest BCUT2D eigenvalue weighted by atomic mass is 10.2. The van der Waals surface area contributed by atoms with Gasteiger partial charge in [0.1, 0.15) is 0 Å². The molecule has 0 amide bonds. The fourth-order valence-electron chi connectivity index (χ4n) is 3.36. The van der Waals surface area contributed by atoms with E-state index in [2.05, 4.69) is 32.4 Å². The average Bonchev–Trinajstić information content (AvgIpc) is 2.95. The molecular weight excluding hydrogens is 482 g/mol. The van der Waals surface area contributed by atoms with Gasteiger partial charge in [-0.15, -0.1) is 0 Å². The number of nitrogens with zero attached hydrogens (tertiary/aromatic N) is 3. The van der Waals surface area contributed by atoms with E-state index in [9.17, 15) is 0 Å². The van der Waals surface area contributed by atoms with E-state index in [1.807, 2.05) is 0 Å². The molecule has 38 heavy (non-hydrogen) atoms. The van der Waals surface area contributed by atoms with Crippen LogP contribution >= 0.6 is 0 Å². The van der Waals surface area contributed by atoms with Crippen LogP contribution in [0.4, 0.5) is 0 Å². The quantitative estimate of drug-likeness (QED) is 0.0648. The zero-order valence-electron chi connectivity index (χ0n) is 24.9. The average molecular weight is 552 g/mol. The Hall–Kier alpha value is -0.520. The Morgan fingerprint density at radius 3 is 1.00 bits per heavy atom. The zero-order valence-corrected chi connectivity index (χ0v) is 24.9. The molecule has 1 heterocycles. The highest BCUT2D eigenvalue weighted by Crippen LogP contribution is 2.02. The topological polar surface area (TPSA) is 242 Å². The van der Waals surface area contributed by atoms with Gasteiger partial charge >= 0.3 is 0 Å². The van der Waals surface area contributed by atoms with Gasteiger partial charge in [0.25, 0.3) is 0 Å². The first-order valence-corrected chi connectivity index (χ1v) is 14.7. The predicted molar refractivity (Wildman–Crippen MR) is 167 cm³/mol. The minimum absolute atomic E-state index is 0.694. The van der Waals surface area contributed by atoms with Gasteiger partial charge in [0.2, 0.25) is 0 Å². The normalized spacial score (nSPS) is 13.7. The third-order valence-electron chi connectivity index (χ3n) is 5.59. The Bertz CT molecular complexity index is 344. The molecule has 0 unspecified atom stereocenters. The molecule has 0 bridgehead atoms. The van der Waals surface area contributed by atoms with Gasteiger partial charge in [-0.2, -0.15) is 0 Å². The third-order valence-corrected chi connectivity index (χ3v) is 5.59. The molecule has 0 radical (unpaired) electrons. The van der Waals surface area contributed by atoms with Crippen molar-refractivity contribution in [3.63, 3.8) is 0 Å². The summed E-state index contributed by atoms with van der Waals surface area (Å²) in [6, 6.07) is 0. The van der Waals surface area contributed by atoms with Gasteiger partial charge in [-0.05, 0) is 85.1 Å². The summed E-state index contributed by atoms with van der Waals surface area (Å²) in [6.45, 7) is 18.8. The van der Waals surface area contributed by atoms with Gasteiger partial charge < -0.3 is 71.2 Å². The van der Waals surface area contributed by atoms with Crippen molar-refractivity contribution in [3.05, 3.63) is 0 Å². The van der Waals surface area contributed by atoms with Gasteiger partial charge in [0.05, 0.1) is 0 Å². The van der Waals surface area contributed by atoms with Crippen LogP contribution in [0.1, 0.15) is 25.7 Å². The van der Waals surface area contributed by atoms with E-state index in [0.717, 1.165) is 91.1 Å². The fourth-order valence-corrected chi connectivity index (χ4v) is 3.36. The van der Waals surface area contributed by atoms with Crippen molar-refractivity contribution >= 4 is 0 Å². The molecule has 0 aromatic carbocycles. The van der Waals surface area contributed by atoms with Crippen LogP contribution in [0.15, 0.2) is 0 Å². The summed E-state index contributed by atoms with van der Waals surface area (Å²) in [5.74, 6) is 0. The number of piperazine rings is 1. The second-order valence-corrected chi connectivity index (χ2v) is 9.21. The first-order valence-electron chi connectivity index (χ1n) is 14.7. The molecule has 0 aliphatic carbocycles. The number of rotatable bonds is 20. The van der Waals surface area contributed by atoms with Crippen molar-refractivity contribution in [2.75, 3.05) is 138 Å². The molecule has 234 valence electrons. The predicted octanol–water partition coefficient (Wildman–Crippen LogP) is -4.10. The fraction of sp³-hybridized carbons (Fsp3) is 1.00. The van der Waals surface area contributed by atoms with Crippen molar-refractivity contribution in [1.29, 1.82) is 0 Å². The number of hydrogen-bond acceptors (Lipinski definition) is 13. The Morgan fingerprint density at radius 2 is 0.763 bits per heavy atom. The van der Waals surface area contributed by atoms with E-state index < -0.39 is 0 Å². The minimum atomic E-state index is 0.694. The molecule has 1 fully saturated rings. The summed E-state index contributed by atoms with van der Waals surface area (Å²) in [5.41, 5.74) is 42.3. The maximum Gasteiger partial charge on any atom is 0.0110 e. The molecule has 1 aliphatic heterocycles. The van der Waals surface area contributed by atoms with Crippen molar-refractivity contribution in [3.8, 4) is 0 Å². The number of nitrogens with two attached hydrogens (primary N) is 8. The maximum atomic E-state index is 5.49. The molecule has 1 aliphatic rings. The molecule has 0 saturated carbocycles. The van der Waals surface area contributed by atoms with Crippen LogP contribution in [0.5, 0.6) is 0 Å². The monoisotopic (exact) mass is 552 g/mol. The Morgan fingerprint density at radius 1 is 0.474 bits per heavy atom. The lowest BCUT2D eigenvalue weighted by molar-refractivity contribution is 0.131. The van der Waals surface area contributed by atoms with E-state index in [1.165, 1.54) is 39.3 Å². The third kappa shape index (κ3) is 37.6. The van der Waals surface area contributed by atoms with E-state index >= 15 is 0 Å². The zero-order chi connectivity index (χ0) is 29.1. The highest BCUT2D eigenvalue weighted by Gasteiger charge is 2.15. The first kappa shape index (κ1) is 42.0. The van der Waals surface area contributed by atoms with Gasteiger partial charge in [-0.1, -0.05) is 0 Å². The number of hydrogen-bond donors (Lipinski definition) is 10. The molecule has 18 N–H and O–H groups in total. The molecule has 1 saturated heterocycles. The van der Waals surface area contributed by atoms with Crippen LogP contribution in [0.2, 0.25) is 0 Å². The summed E-state index contributed by atoms with van der Waals surface area (Å²) in [5, 5.41) is 6.07. The molecule has 13 heteroatoms. The largest absolute Gasteiger partial charge is 0.330 e. The van der Waals surface area contributed by atoms with Crippen molar-refractivity contribution in [2.24, 2.45) is 45.9 Å². The van der Waals surface area contributed by atoms with Crippen LogP contribution < -0.4 is 56.5 Å². The van der Waals surface area contributed by atoms with Gasteiger partial charge in [0, 0.05) is 78.5 Å². The Labute approximate surface area is 235 Å². The SMILES string of the molecule is CN(CCCN)CCCN.NCCCN1CCN(CCCN)CC1.NCCNCCN.NCCNCCN. The molecule has 13 nitrogen and oxygen atoms in total. The summed E-state index contributed by atoms with van der Waals surface area (Å²) in [6.07, 6.45) is 4.42. The van der Waals surface area contributed by atoms with Crippen LogP contribution in [0.3, 0.4) is 0 Å². The van der Waals surface area contributed by atoms with Crippen molar-refractivity contribution in [2.45, 2.75) is 25.7 Å². The van der Waals surface area contributed by atoms with Gasteiger partial charge in [-0.3, -0.25) is 0 Å². The van der Waals surface area contributed by atoms with Gasteiger partial charge in [-0.25, -0.2) is 0 Å². The van der Waals surface area contributed by atoms with E-state index in [0.29, 0.717) is 26.2 Å². The van der Waals surface area contributed by atoms with Crippen LogP contribution in [0, 0.1) is 0 Å². The smallest absolute Gasteiger partial charge is 0.0110 e. The van der Waals surface area contributed by atoms with E-state index in [4.69, 9.17) is 45.9 Å². The minimum Gasteiger partial charge on any atom is -0.330 e. The van der Waals surface area contributed by atoms with Crippen molar-refractivity contribution < 1.29 is 0 Å².